The van der Waals surface area contributed by atoms with Crippen molar-refractivity contribution in [3.8, 4) is 5.75 Å². The van der Waals surface area contributed by atoms with Gasteiger partial charge in [0.2, 0.25) is 0 Å². The number of hydrogen-bond acceptors (Lipinski definition) is 3. The van der Waals surface area contributed by atoms with Crippen molar-refractivity contribution in [1.82, 2.24) is 0 Å². The van der Waals surface area contributed by atoms with Crippen LogP contribution in [0.4, 0.5) is 4.39 Å². The van der Waals surface area contributed by atoms with Gasteiger partial charge in [-0.25, -0.2) is 4.39 Å². The van der Waals surface area contributed by atoms with Gasteiger partial charge in [0.15, 0.2) is 6.61 Å². The van der Waals surface area contributed by atoms with Crippen LogP contribution in [0, 0.1) is 5.82 Å². The number of rotatable bonds is 6. The smallest absolute Gasteiger partial charge is 0.151 e. The molecule has 0 aliphatic heterocycles. The Labute approximate surface area is 121 Å². The van der Waals surface area contributed by atoms with Crippen LogP contribution >= 0.6 is 11.6 Å². The normalized spacial score (nSPS) is 10.7. The molecule has 0 atom stereocenters. The molecule has 0 aliphatic carbocycles. The molecule has 0 fully saturated rings. The monoisotopic (exact) mass is 293 g/mol. The summed E-state index contributed by atoms with van der Waals surface area (Å²) in [4.78, 5) is 5.04. The van der Waals surface area contributed by atoms with Crippen LogP contribution in [0.15, 0.2) is 53.7 Å². The average Bonchev–Trinajstić information content (AvgIpc) is 2.45. The Balaban J connectivity index is 1.67. The van der Waals surface area contributed by atoms with Crippen LogP contribution in [0.2, 0.25) is 5.02 Å². The van der Waals surface area contributed by atoms with Gasteiger partial charge in [-0.05, 0) is 35.9 Å². The van der Waals surface area contributed by atoms with Gasteiger partial charge >= 0.3 is 0 Å². The molecule has 0 saturated heterocycles. The Morgan fingerprint density at radius 3 is 2.65 bits per heavy atom. The van der Waals surface area contributed by atoms with Crippen molar-refractivity contribution in [3.05, 3.63) is 64.9 Å². The van der Waals surface area contributed by atoms with Crippen molar-refractivity contribution in [2.75, 3.05) is 13.2 Å². The molecule has 0 bridgehead atoms. The lowest BCUT2D eigenvalue weighted by Crippen LogP contribution is -2.04. The molecule has 0 radical (unpaired) electrons. The molecule has 5 heteroatoms. The second-order valence-corrected chi connectivity index (χ2v) is 4.36. The van der Waals surface area contributed by atoms with E-state index in [1.807, 2.05) is 12.1 Å². The highest BCUT2D eigenvalue weighted by molar-refractivity contribution is 6.30. The van der Waals surface area contributed by atoms with Gasteiger partial charge in [0.1, 0.15) is 18.2 Å². The van der Waals surface area contributed by atoms with Gasteiger partial charge in [0.05, 0.1) is 6.21 Å². The molecule has 20 heavy (non-hydrogen) atoms. The molecule has 2 aromatic carbocycles. The minimum absolute atomic E-state index is 0.280. The fraction of sp³-hybridized carbons (Fsp3) is 0.133. The minimum atomic E-state index is -0.280. The SMILES string of the molecule is Fc1ccc(/C=N/OCCOc2cccc(Cl)c2)cc1. The summed E-state index contributed by atoms with van der Waals surface area (Å²) in [6.07, 6.45) is 1.51. The van der Waals surface area contributed by atoms with Crippen molar-refractivity contribution in [2.45, 2.75) is 0 Å². The van der Waals surface area contributed by atoms with E-state index in [1.165, 1.54) is 18.3 Å². The van der Waals surface area contributed by atoms with Gasteiger partial charge in [-0.2, -0.15) is 0 Å². The molecular formula is C15H13ClFNO2. The van der Waals surface area contributed by atoms with E-state index in [2.05, 4.69) is 5.16 Å². The quantitative estimate of drug-likeness (QED) is 0.459. The van der Waals surface area contributed by atoms with E-state index in [0.29, 0.717) is 24.0 Å². The van der Waals surface area contributed by atoms with Gasteiger partial charge in [0.25, 0.3) is 0 Å². The molecule has 104 valence electrons. The number of benzene rings is 2. The number of halogens is 2. The molecule has 2 aromatic rings. The second-order valence-electron chi connectivity index (χ2n) is 3.93. The molecule has 0 aliphatic rings. The Morgan fingerprint density at radius 1 is 1.10 bits per heavy atom. The molecular weight excluding hydrogens is 281 g/mol. The molecule has 0 heterocycles. The lowest BCUT2D eigenvalue weighted by Gasteiger charge is -2.05. The van der Waals surface area contributed by atoms with Crippen molar-refractivity contribution in [1.29, 1.82) is 0 Å². The van der Waals surface area contributed by atoms with E-state index >= 15 is 0 Å². The van der Waals surface area contributed by atoms with Crippen molar-refractivity contribution >= 4 is 17.8 Å². The van der Waals surface area contributed by atoms with E-state index in [1.54, 1.807) is 24.3 Å². The summed E-state index contributed by atoms with van der Waals surface area (Å²) in [5, 5.41) is 4.39. The third-order valence-electron chi connectivity index (χ3n) is 2.39. The summed E-state index contributed by atoms with van der Waals surface area (Å²) in [5.74, 6) is 0.404. The van der Waals surface area contributed by atoms with E-state index in [-0.39, 0.29) is 5.82 Å². The van der Waals surface area contributed by atoms with Crippen LogP contribution in [-0.4, -0.2) is 19.4 Å². The fourth-order valence-corrected chi connectivity index (χ4v) is 1.63. The van der Waals surface area contributed by atoms with Crippen LogP contribution < -0.4 is 4.74 Å². The number of oxime groups is 1. The van der Waals surface area contributed by atoms with Gasteiger partial charge in [0, 0.05) is 5.02 Å². The first-order valence-electron chi connectivity index (χ1n) is 6.03. The summed E-state index contributed by atoms with van der Waals surface area (Å²) >= 11 is 5.82. The van der Waals surface area contributed by atoms with Gasteiger partial charge < -0.3 is 9.57 Å². The molecule has 0 N–H and O–H groups in total. The Kier molecular flexibility index (Phi) is 5.38. The first kappa shape index (κ1) is 14.3. The maximum absolute atomic E-state index is 12.7. The third kappa shape index (κ3) is 4.90. The Hall–Kier alpha value is -2.07. The summed E-state index contributed by atoms with van der Waals surface area (Å²) in [7, 11) is 0. The summed E-state index contributed by atoms with van der Waals surface area (Å²) in [6.45, 7) is 0.672. The summed E-state index contributed by atoms with van der Waals surface area (Å²) in [6, 6.07) is 13.1. The Morgan fingerprint density at radius 2 is 1.90 bits per heavy atom. The maximum Gasteiger partial charge on any atom is 0.151 e. The first-order valence-corrected chi connectivity index (χ1v) is 6.41. The van der Waals surface area contributed by atoms with Crippen LogP contribution in [-0.2, 0) is 4.84 Å². The molecule has 0 amide bonds. The minimum Gasteiger partial charge on any atom is -0.490 e. The molecule has 0 saturated carbocycles. The first-order chi connectivity index (χ1) is 9.74. The van der Waals surface area contributed by atoms with Crippen LogP contribution in [0.1, 0.15) is 5.56 Å². The van der Waals surface area contributed by atoms with Gasteiger partial charge in [-0.1, -0.05) is 35.0 Å². The zero-order valence-electron chi connectivity index (χ0n) is 10.6. The van der Waals surface area contributed by atoms with Crippen molar-refractivity contribution in [3.63, 3.8) is 0 Å². The van der Waals surface area contributed by atoms with Gasteiger partial charge in [-0.3, -0.25) is 0 Å². The van der Waals surface area contributed by atoms with Gasteiger partial charge in [-0.15, -0.1) is 0 Å². The molecule has 2 rings (SSSR count). The van der Waals surface area contributed by atoms with E-state index in [9.17, 15) is 4.39 Å². The average molecular weight is 294 g/mol. The van der Waals surface area contributed by atoms with Crippen molar-refractivity contribution < 1.29 is 14.0 Å². The number of hydrogen-bond donors (Lipinski definition) is 0. The fourth-order valence-electron chi connectivity index (χ4n) is 1.45. The van der Waals surface area contributed by atoms with E-state index in [4.69, 9.17) is 21.2 Å². The highest BCUT2D eigenvalue weighted by atomic mass is 35.5. The van der Waals surface area contributed by atoms with Crippen LogP contribution in [0.3, 0.4) is 0 Å². The second kappa shape index (κ2) is 7.50. The summed E-state index contributed by atoms with van der Waals surface area (Å²) < 4.78 is 18.1. The largest absolute Gasteiger partial charge is 0.490 e. The lowest BCUT2D eigenvalue weighted by atomic mass is 10.2. The third-order valence-corrected chi connectivity index (χ3v) is 2.62. The van der Waals surface area contributed by atoms with Crippen LogP contribution in [0.5, 0.6) is 5.75 Å². The maximum atomic E-state index is 12.7. The molecule has 0 aromatic heterocycles. The number of ether oxygens (including phenoxy) is 1. The molecule has 0 spiro atoms. The van der Waals surface area contributed by atoms with Crippen LogP contribution in [0.25, 0.3) is 0 Å². The number of nitrogens with zero attached hydrogens (tertiary/aromatic N) is 1. The molecule has 3 nitrogen and oxygen atoms in total. The summed E-state index contributed by atoms with van der Waals surface area (Å²) in [5.41, 5.74) is 0.766. The molecule has 0 unspecified atom stereocenters. The standard InChI is InChI=1S/C15H13ClFNO2/c16-13-2-1-3-15(10-13)19-8-9-20-18-11-12-4-6-14(17)7-5-12/h1-7,10-11H,8-9H2/b18-11+. The van der Waals surface area contributed by atoms with E-state index in [0.717, 1.165) is 5.56 Å². The Bertz CT molecular complexity index is 572. The highest BCUT2D eigenvalue weighted by Crippen LogP contribution is 2.16. The topological polar surface area (TPSA) is 30.8 Å². The zero-order valence-corrected chi connectivity index (χ0v) is 11.4. The van der Waals surface area contributed by atoms with E-state index < -0.39 is 0 Å². The lowest BCUT2D eigenvalue weighted by molar-refractivity contribution is 0.108. The predicted octanol–water partition coefficient (Wildman–Crippen LogP) is 3.91. The van der Waals surface area contributed by atoms with Crippen molar-refractivity contribution in [2.24, 2.45) is 5.16 Å². The predicted molar refractivity (Wildman–Crippen MR) is 76.9 cm³/mol. The highest BCUT2D eigenvalue weighted by Gasteiger charge is 1.95. The zero-order chi connectivity index (χ0) is 14.2.